The number of hydrogen-bond donors (Lipinski definition) is 0. The van der Waals surface area contributed by atoms with Gasteiger partial charge < -0.3 is 4.74 Å². The maximum Gasteiger partial charge on any atom is 0.310 e. The van der Waals surface area contributed by atoms with Gasteiger partial charge in [-0.1, -0.05) is 18.2 Å². The number of esters is 1. The Labute approximate surface area is 89.1 Å². The number of rotatable bonds is 4. The lowest BCUT2D eigenvalue weighted by atomic mass is 10.0. The summed E-state index contributed by atoms with van der Waals surface area (Å²) in [6, 6.07) is 5.32. The minimum absolute atomic E-state index is 0.240. The summed E-state index contributed by atoms with van der Waals surface area (Å²) in [4.78, 5) is 21.8. The van der Waals surface area contributed by atoms with Gasteiger partial charge in [0.05, 0.1) is 13.0 Å². The summed E-state index contributed by atoms with van der Waals surface area (Å²) in [5.74, 6) is -0.240. The van der Waals surface area contributed by atoms with E-state index in [9.17, 15) is 9.59 Å². The van der Waals surface area contributed by atoms with Gasteiger partial charge in [0, 0.05) is 5.56 Å². The molecule has 0 spiro atoms. The van der Waals surface area contributed by atoms with Gasteiger partial charge in [0.15, 0.2) is 0 Å². The van der Waals surface area contributed by atoms with Crippen LogP contribution < -0.4 is 0 Å². The fourth-order valence-electron chi connectivity index (χ4n) is 1.36. The number of aryl methyl sites for hydroxylation is 1. The first-order chi connectivity index (χ1) is 7.17. The van der Waals surface area contributed by atoms with Crippen LogP contribution in [-0.4, -0.2) is 18.9 Å². The lowest BCUT2D eigenvalue weighted by Crippen LogP contribution is -2.07. The molecule has 3 heteroatoms. The van der Waals surface area contributed by atoms with Crippen LogP contribution in [-0.2, 0) is 16.0 Å². The van der Waals surface area contributed by atoms with Crippen molar-refractivity contribution >= 4 is 12.3 Å². The third-order valence-electron chi connectivity index (χ3n) is 2.11. The van der Waals surface area contributed by atoms with E-state index in [1.807, 2.05) is 13.0 Å². The molecule has 80 valence electrons. The molecule has 0 unspecified atom stereocenters. The number of aldehydes is 1. The highest BCUT2D eigenvalue weighted by Crippen LogP contribution is 2.10. The van der Waals surface area contributed by atoms with Gasteiger partial charge in [0.1, 0.15) is 6.29 Å². The van der Waals surface area contributed by atoms with Crippen molar-refractivity contribution in [2.45, 2.75) is 20.3 Å². The highest BCUT2D eigenvalue weighted by molar-refractivity contribution is 5.78. The molecule has 15 heavy (non-hydrogen) atoms. The molecule has 3 nitrogen and oxygen atoms in total. The van der Waals surface area contributed by atoms with Crippen molar-refractivity contribution in [1.82, 2.24) is 0 Å². The van der Waals surface area contributed by atoms with Gasteiger partial charge in [-0.15, -0.1) is 0 Å². The van der Waals surface area contributed by atoms with Crippen LogP contribution in [0.15, 0.2) is 18.2 Å². The van der Waals surface area contributed by atoms with Gasteiger partial charge in [0.25, 0.3) is 0 Å². The zero-order valence-electron chi connectivity index (χ0n) is 8.95. The molecule has 0 saturated carbocycles. The summed E-state index contributed by atoms with van der Waals surface area (Å²) in [6.45, 7) is 4.02. The van der Waals surface area contributed by atoms with Gasteiger partial charge in [-0.25, -0.2) is 0 Å². The first kappa shape index (κ1) is 11.4. The lowest BCUT2D eigenvalue weighted by Gasteiger charge is -2.04. The predicted molar refractivity (Wildman–Crippen MR) is 56.9 cm³/mol. The Morgan fingerprint density at radius 3 is 2.73 bits per heavy atom. The Morgan fingerprint density at radius 1 is 1.47 bits per heavy atom. The van der Waals surface area contributed by atoms with E-state index in [-0.39, 0.29) is 12.4 Å². The summed E-state index contributed by atoms with van der Waals surface area (Å²) in [5, 5.41) is 0. The van der Waals surface area contributed by atoms with Crippen LogP contribution >= 0.6 is 0 Å². The summed E-state index contributed by atoms with van der Waals surface area (Å²) in [5.41, 5.74) is 2.41. The third-order valence-corrected chi connectivity index (χ3v) is 2.11. The fraction of sp³-hybridized carbons (Fsp3) is 0.333. The van der Waals surface area contributed by atoms with Gasteiger partial charge in [-0.2, -0.15) is 0 Å². The second-order valence-corrected chi connectivity index (χ2v) is 3.29. The Morgan fingerprint density at radius 2 is 2.20 bits per heavy atom. The Balaban J connectivity index is 2.75. The topological polar surface area (TPSA) is 43.4 Å². The van der Waals surface area contributed by atoms with Crippen LogP contribution in [0.5, 0.6) is 0 Å². The molecular weight excluding hydrogens is 192 g/mol. The van der Waals surface area contributed by atoms with Gasteiger partial charge in [0.2, 0.25) is 0 Å². The van der Waals surface area contributed by atoms with E-state index in [2.05, 4.69) is 0 Å². The van der Waals surface area contributed by atoms with Crippen LogP contribution in [0.3, 0.4) is 0 Å². The molecule has 0 bridgehead atoms. The van der Waals surface area contributed by atoms with Crippen molar-refractivity contribution < 1.29 is 14.3 Å². The molecule has 1 rings (SSSR count). The van der Waals surface area contributed by atoms with Crippen molar-refractivity contribution in [1.29, 1.82) is 0 Å². The Hall–Kier alpha value is -1.64. The first-order valence-electron chi connectivity index (χ1n) is 4.87. The lowest BCUT2D eigenvalue weighted by molar-refractivity contribution is -0.142. The number of carbonyl (C=O) groups is 2. The van der Waals surface area contributed by atoms with Crippen molar-refractivity contribution in [3.05, 3.63) is 34.9 Å². The first-order valence-corrected chi connectivity index (χ1v) is 4.87. The maximum atomic E-state index is 11.2. The minimum atomic E-state index is -0.240. The summed E-state index contributed by atoms with van der Waals surface area (Å²) in [7, 11) is 0. The zero-order chi connectivity index (χ0) is 11.3. The largest absolute Gasteiger partial charge is 0.466 e. The quantitative estimate of drug-likeness (QED) is 0.558. The standard InChI is InChI=1S/C12H14O3/c1-3-15-12(14)7-10-4-5-11(8-13)9(2)6-10/h4-6,8H,3,7H2,1-2H3. The summed E-state index contributed by atoms with van der Waals surface area (Å²) >= 11 is 0. The summed E-state index contributed by atoms with van der Waals surface area (Å²) < 4.78 is 4.83. The molecule has 0 aromatic heterocycles. The fourth-order valence-corrected chi connectivity index (χ4v) is 1.36. The normalized spacial score (nSPS) is 9.73. The average molecular weight is 206 g/mol. The molecule has 1 aromatic carbocycles. The third kappa shape index (κ3) is 3.20. The zero-order valence-corrected chi connectivity index (χ0v) is 8.95. The molecule has 0 atom stereocenters. The van der Waals surface area contributed by atoms with Gasteiger partial charge in [-0.3, -0.25) is 9.59 Å². The maximum absolute atomic E-state index is 11.2. The summed E-state index contributed by atoms with van der Waals surface area (Å²) in [6.07, 6.45) is 1.07. The van der Waals surface area contributed by atoms with Gasteiger partial charge in [-0.05, 0) is 25.0 Å². The molecule has 0 N–H and O–H groups in total. The molecule has 0 saturated heterocycles. The number of carbonyl (C=O) groups excluding carboxylic acids is 2. The van der Waals surface area contributed by atoms with Crippen LogP contribution in [0.4, 0.5) is 0 Å². The van der Waals surface area contributed by atoms with Crippen LogP contribution in [0, 0.1) is 6.92 Å². The number of hydrogen-bond acceptors (Lipinski definition) is 3. The number of ether oxygens (including phenoxy) is 1. The van der Waals surface area contributed by atoms with E-state index in [1.165, 1.54) is 0 Å². The number of benzene rings is 1. The van der Waals surface area contributed by atoms with E-state index in [4.69, 9.17) is 4.74 Å². The minimum Gasteiger partial charge on any atom is -0.466 e. The molecule has 0 heterocycles. The second kappa shape index (κ2) is 5.29. The molecule has 0 fully saturated rings. The molecule has 0 aliphatic rings. The van der Waals surface area contributed by atoms with E-state index < -0.39 is 0 Å². The van der Waals surface area contributed by atoms with Crippen LogP contribution in [0.2, 0.25) is 0 Å². The molecule has 0 radical (unpaired) electrons. The molecule has 0 aliphatic carbocycles. The van der Waals surface area contributed by atoms with E-state index in [0.29, 0.717) is 12.2 Å². The van der Waals surface area contributed by atoms with Gasteiger partial charge >= 0.3 is 5.97 Å². The molecule has 0 aliphatic heterocycles. The molecular formula is C12H14O3. The van der Waals surface area contributed by atoms with Crippen molar-refractivity contribution in [3.8, 4) is 0 Å². The SMILES string of the molecule is CCOC(=O)Cc1ccc(C=O)c(C)c1. The monoisotopic (exact) mass is 206 g/mol. The van der Waals surface area contributed by atoms with E-state index in [0.717, 1.165) is 17.4 Å². The second-order valence-electron chi connectivity index (χ2n) is 3.29. The van der Waals surface area contributed by atoms with Crippen molar-refractivity contribution in [2.24, 2.45) is 0 Å². The Bertz CT molecular complexity index is 369. The molecule has 1 aromatic rings. The average Bonchev–Trinajstić information content (AvgIpc) is 2.18. The highest BCUT2D eigenvalue weighted by atomic mass is 16.5. The highest BCUT2D eigenvalue weighted by Gasteiger charge is 2.05. The van der Waals surface area contributed by atoms with Crippen molar-refractivity contribution in [2.75, 3.05) is 6.61 Å². The van der Waals surface area contributed by atoms with Crippen LogP contribution in [0.1, 0.15) is 28.4 Å². The van der Waals surface area contributed by atoms with E-state index in [1.54, 1.807) is 19.1 Å². The smallest absolute Gasteiger partial charge is 0.310 e. The Kier molecular flexibility index (Phi) is 4.03. The van der Waals surface area contributed by atoms with E-state index >= 15 is 0 Å². The molecule has 0 amide bonds. The van der Waals surface area contributed by atoms with Crippen molar-refractivity contribution in [3.63, 3.8) is 0 Å². The van der Waals surface area contributed by atoms with Crippen LogP contribution in [0.25, 0.3) is 0 Å². The predicted octanol–water partition coefficient (Wildman–Crippen LogP) is 1.91.